The van der Waals surface area contributed by atoms with Crippen molar-refractivity contribution in [1.82, 2.24) is 9.88 Å². The predicted molar refractivity (Wildman–Crippen MR) is 102 cm³/mol. The number of para-hydroxylation sites is 1. The largest absolute Gasteiger partial charge is 0.547 e. The van der Waals surface area contributed by atoms with E-state index in [0.717, 1.165) is 0 Å². The Morgan fingerprint density at radius 1 is 1.46 bits per heavy atom. The maximum Gasteiger partial charge on any atom is 0.547 e. The number of carbonyl (C=O) groups is 2. The molecule has 12 heteroatoms. The monoisotopic (exact) mass is 404 g/mol. The number of fused-ring (bicyclic) bond motifs is 1. The minimum Gasteiger partial charge on any atom is -0.534 e. The molecule has 10 nitrogen and oxygen atoms in total. The molecule has 1 unspecified atom stereocenters. The lowest BCUT2D eigenvalue weighted by Gasteiger charge is -2.34. The van der Waals surface area contributed by atoms with Crippen LogP contribution in [0.2, 0.25) is 0 Å². The van der Waals surface area contributed by atoms with Gasteiger partial charge in [-0.1, -0.05) is 17.3 Å². The standard InChI is InChI=1S/C16H17BN4O6S/c1-18-16-19-10(7-28-16)12(20-26)14(22)21(2)11-6-8-4-3-5-9(15(23)24)13(8)27-17(11)25/h3-5,7,11,25-26H,6H2,1-2H3,(H,18,19)(H,23,24). The van der Waals surface area contributed by atoms with Gasteiger partial charge in [0, 0.05) is 19.5 Å². The van der Waals surface area contributed by atoms with Gasteiger partial charge in [-0.15, -0.1) is 11.3 Å². The number of thiazole rings is 1. The van der Waals surface area contributed by atoms with Crippen LogP contribution < -0.4 is 9.97 Å². The van der Waals surface area contributed by atoms with Gasteiger partial charge >= 0.3 is 13.1 Å². The van der Waals surface area contributed by atoms with Gasteiger partial charge in [0.2, 0.25) is 0 Å². The molecule has 1 amide bonds. The molecule has 1 aliphatic heterocycles. The van der Waals surface area contributed by atoms with Crippen LogP contribution in [-0.2, 0) is 11.2 Å². The summed E-state index contributed by atoms with van der Waals surface area (Å²) in [6, 6.07) is 4.61. The number of nitrogens with zero attached hydrogens (tertiary/aromatic N) is 3. The van der Waals surface area contributed by atoms with E-state index in [1.807, 2.05) is 0 Å². The Bertz CT molecular complexity index is 949. The van der Waals surface area contributed by atoms with E-state index in [-0.39, 0.29) is 29.1 Å². The van der Waals surface area contributed by atoms with Gasteiger partial charge < -0.3 is 30.2 Å². The summed E-state index contributed by atoms with van der Waals surface area (Å²) in [7, 11) is 1.65. The van der Waals surface area contributed by atoms with E-state index in [0.29, 0.717) is 10.7 Å². The van der Waals surface area contributed by atoms with E-state index in [9.17, 15) is 24.9 Å². The third kappa shape index (κ3) is 3.51. The first kappa shape index (κ1) is 19.6. The SMILES string of the molecule is CNc1nc(C(=NO)C(=O)N(C)C2Cc3cccc(C(=O)O)c3OB2O)cs1. The summed E-state index contributed by atoms with van der Waals surface area (Å²) in [6.45, 7) is 0. The maximum absolute atomic E-state index is 12.8. The predicted octanol–water partition coefficient (Wildman–Crippen LogP) is 0.543. The summed E-state index contributed by atoms with van der Waals surface area (Å²) in [5, 5.41) is 37.0. The first-order valence-electron chi connectivity index (χ1n) is 8.20. The number of oxime groups is 1. The fourth-order valence-electron chi connectivity index (χ4n) is 2.93. The average Bonchev–Trinajstić information content (AvgIpc) is 3.15. The van der Waals surface area contributed by atoms with Crippen LogP contribution in [0.1, 0.15) is 21.6 Å². The fourth-order valence-corrected chi connectivity index (χ4v) is 3.58. The van der Waals surface area contributed by atoms with Crippen molar-refractivity contribution in [3.63, 3.8) is 0 Å². The van der Waals surface area contributed by atoms with Crippen LogP contribution in [0.15, 0.2) is 28.7 Å². The summed E-state index contributed by atoms with van der Waals surface area (Å²) in [5.41, 5.74) is 0.387. The highest BCUT2D eigenvalue weighted by atomic mass is 32.1. The molecule has 146 valence electrons. The number of hydrogen-bond acceptors (Lipinski definition) is 9. The normalized spacial score (nSPS) is 16.2. The Labute approximate surface area is 164 Å². The minimum atomic E-state index is -1.45. The quantitative estimate of drug-likeness (QED) is 0.245. The molecular formula is C16H17BN4O6S. The molecule has 28 heavy (non-hydrogen) atoms. The zero-order valence-corrected chi connectivity index (χ0v) is 15.8. The van der Waals surface area contributed by atoms with Gasteiger partial charge in [0.25, 0.3) is 5.91 Å². The molecule has 0 bridgehead atoms. The number of hydrogen-bond donors (Lipinski definition) is 4. The van der Waals surface area contributed by atoms with Gasteiger partial charge in [-0.2, -0.15) is 0 Å². The number of carboxylic acids is 1. The van der Waals surface area contributed by atoms with Gasteiger partial charge in [-0.3, -0.25) is 4.79 Å². The fraction of sp³-hybridized carbons (Fsp3) is 0.250. The van der Waals surface area contributed by atoms with Crippen molar-refractivity contribution in [1.29, 1.82) is 0 Å². The van der Waals surface area contributed by atoms with E-state index < -0.39 is 24.9 Å². The number of aromatic nitrogens is 1. The smallest absolute Gasteiger partial charge is 0.534 e. The Balaban J connectivity index is 1.86. The first-order chi connectivity index (χ1) is 13.4. The van der Waals surface area contributed by atoms with Gasteiger partial charge in [-0.05, 0) is 18.1 Å². The lowest BCUT2D eigenvalue weighted by atomic mass is 9.71. The Hall–Kier alpha value is -3.12. The molecule has 3 rings (SSSR count). The molecule has 0 aliphatic carbocycles. The lowest BCUT2D eigenvalue weighted by molar-refractivity contribution is -0.124. The summed E-state index contributed by atoms with van der Waals surface area (Å²) >= 11 is 1.24. The van der Waals surface area contributed by atoms with Crippen molar-refractivity contribution >= 4 is 41.2 Å². The summed E-state index contributed by atoms with van der Waals surface area (Å²) in [4.78, 5) is 29.5. The molecule has 0 fully saturated rings. The second kappa shape index (κ2) is 7.86. The van der Waals surface area contributed by atoms with Crippen molar-refractivity contribution in [3.8, 4) is 5.75 Å². The highest BCUT2D eigenvalue weighted by molar-refractivity contribution is 7.14. The van der Waals surface area contributed by atoms with E-state index in [2.05, 4.69) is 15.5 Å². The molecule has 0 spiro atoms. The molecule has 1 aromatic heterocycles. The topological polar surface area (TPSA) is 145 Å². The molecule has 2 heterocycles. The number of carbonyl (C=O) groups excluding carboxylic acids is 1. The van der Waals surface area contributed by atoms with E-state index >= 15 is 0 Å². The average molecular weight is 404 g/mol. The van der Waals surface area contributed by atoms with Gasteiger partial charge in [0.1, 0.15) is 11.4 Å². The minimum absolute atomic E-state index is 0.0661. The number of nitrogens with one attached hydrogen (secondary N) is 1. The van der Waals surface area contributed by atoms with Crippen molar-refractivity contribution in [2.24, 2.45) is 5.16 Å². The molecule has 0 radical (unpaired) electrons. The molecule has 4 N–H and O–H groups in total. The van der Waals surface area contributed by atoms with Crippen LogP contribution in [0, 0.1) is 0 Å². The maximum atomic E-state index is 12.8. The second-order valence-electron chi connectivity index (χ2n) is 6.03. The molecule has 0 saturated heterocycles. The van der Waals surface area contributed by atoms with Gasteiger partial charge in [0.15, 0.2) is 10.8 Å². The number of rotatable bonds is 5. The number of benzene rings is 1. The van der Waals surface area contributed by atoms with E-state index in [4.69, 9.17) is 4.65 Å². The number of carboxylic acid groups (broad SMARTS) is 1. The van der Waals surface area contributed by atoms with Crippen LogP contribution in [0.25, 0.3) is 0 Å². The number of anilines is 1. The van der Waals surface area contributed by atoms with Gasteiger partial charge in [0.05, 0.1) is 11.5 Å². The van der Waals surface area contributed by atoms with E-state index in [1.54, 1.807) is 24.6 Å². The van der Waals surface area contributed by atoms with Crippen LogP contribution in [-0.4, -0.2) is 70.0 Å². The summed E-state index contributed by atoms with van der Waals surface area (Å²) < 4.78 is 5.40. The molecule has 1 aliphatic rings. The summed E-state index contributed by atoms with van der Waals surface area (Å²) in [6.07, 6.45) is 0.164. The van der Waals surface area contributed by atoms with Crippen molar-refractivity contribution < 1.29 is 29.6 Å². The second-order valence-corrected chi connectivity index (χ2v) is 6.89. The van der Waals surface area contributed by atoms with Crippen LogP contribution in [0.5, 0.6) is 5.75 Å². The lowest BCUT2D eigenvalue weighted by Crippen LogP contribution is -2.55. The molecule has 2 aromatic rings. The van der Waals surface area contributed by atoms with Crippen LogP contribution >= 0.6 is 11.3 Å². The molecular weight excluding hydrogens is 387 g/mol. The summed E-state index contributed by atoms with van der Waals surface area (Å²) in [5.74, 6) is -2.58. The Morgan fingerprint density at radius 3 is 2.82 bits per heavy atom. The van der Waals surface area contributed by atoms with Crippen molar-refractivity contribution in [3.05, 3.63) is 40.4 Å². The third-order valence-corrected chi connectivity index (χ3v) is 5.26. The van der Waals surface area contributed by atoms with E-state index in [1.165, 1.54) is 29.4 Å². The zero-order chi connectivity index (χ0) is 20.4. The highest BCUT2D eigenvalue weighted by Crippen LogP contribution is 2.31. The Kier molecular flexibility index (Phi) is 5.52. The highest BCUT2D eigenvalue weighted by Gasteiger charge is 2.42. The Morgan fingerprint density at radius 2 is 2.21 bits per heavy atom. The van der Waals surface area contributed by atoms with Gasteiger partial charge in [-0.25, -0.2) is 9.78 Å². The zero-order valence-electron chi connectivity index (χ0n) is 15.0. The molecule has 1 atom stereocenters. The van der Waals surface area contributed by atoms with Crippen molar-refractivity contribution in [2.45, 2.75) is 12.4 Å². The number of amides is 1. The van der Waals surface area contributed by atoms with Crippen molar-refractivity contribution in [2.75, 3.05) is 19.4 Å². The third-order valence-electron chi connectivity index (χ3n) is 4.40. The van der Waals surface area contributed by atoms with Crippen LogP contribution in [0.4, 0.5) is 5.13 Å². The molecule has 1 aromatic carbocycles. The first-order valence-corrected chi connectivity index (χ1v) is 9.08. The van der Waals surface area contributed by atoms with Crippen LogP contribution in [0.3, 0.4) is 0 Å². The number of aromatic carboxylic acids is 1. The number of likely N-dealkylation sites (N-methyl/N-ethyl adjacent to an activating group) is 1. The molecule has 0 saturated carbocycles.